The summed E-state index contributed by atoms with van der Waals surface area (Å²) in [6.45, 7) is 4.63. The van der Waals surface area contributed by atoms with E-state index in [2.05, 4.69) is 24.4 Å². The van der Waals surface area contributed by atoms with E-state index in [1.165, 1.54) is 29.5 Å². The fraction of sp³-hybridized carbons (Fsp3) is 0.316. The molecular formula is C19H22FNOS. The summed E-state index contributed by atoms with van der Waals surface area (Å²) in [5.74, 6) is 0.0666. The van der Waals surface area contributed by atoms with Gasteiger partial charge in [-0.25, -0.2) is 4.39 Å². The van der Waals surface area contributed by atoms with Crippen LogP contribution >= 0.6 is 11.8 Å². The van der Waals surface area contributed by atoms with Crippen molar-refractivity contribution in [1.82, 2.24) is 5.32 Å². The number of carbonyl (C=O) groups is 1. The standard InChI is InChI=1S/C19H22FNOS/c1-3-15(16-7-5-4-6-8-16)13-21-19(22)14(2)23-18-11-9-17(20)10-12-18/h4-12,14-15H,3,13H2,1-2H3,(H,21,22)/t14-,15+/m0/s1. The minimum Gasteiger partial charge on any atom is -0.355 e. The second-order valence-electron chi connectivity index (χ2n) is 5.48. The predicted molar refractivity (Wildman–Crippen MR) is 94.2 cm³/mol. The lowest BCUT2D eigenvalue weighted by Crippen LogP contribution is -2.34. The molecule has 122 valence electrons. The molecule has 0 saturated carbocycles. The van der Waals surface area contributed by atoms with Crippen molar-refractivity contribution in [3.05, 3.63) is 66.0 Å². The first kappa shape index (κ1) is 17.5. The van der Waals surface area contributed by atoms with Crippen LogP contribution in [0.3, 0.4) is 0 Å². The van der Waals surface area contributed by atoms with Gasteiger partial charge in [-0.15, -0.1) is 11.8 Å². The number of benzene rings is 2. The van der Waals surface area contributed by atoms with Crippen LogP contribution in [0.1, 0.15) is 31.7 Å². The van der Waals surface area contributed by atoms with Crippen LogP contribution in [0.5, 0.6) is 0 Å². The molecule has 0 aliphatic carbocycles. The van der Waals surface area contributed by atoms with Crippen molar-refractivity contribution in [2.24, 2.45) is 0 Å². The van der Waals surface area contributed by atoms with Crippen LogP contribution in [0.4, 0.5) is 4.39 Å². The first-order valence-electron chi connectivity index (χ1n) is 7.85. The number of hydrogen-bond acceptors (Lipinski definition) is 2. The van der Waals surface area contributed by atoms with Gasteiger partial charge >= 0.3 is 0 Å². The molecule has 2 nitrogen and oxygen atoms in total. The third-order valence-electron chi connectivity index (χ3n) is 3.78. The van der Waals surface area contributed by atoms with Crippen LogP contribution in [-0.4, -0.2) is 17.7 Å². The Hall–Kier alpha value is -1.81. The van der Waals surface area contributed by atoms with Gasteiger partial charge in [-0.1, -0.05) is 37.3 Å². The lowest BCUT2D eigenvalue weighted by Gasteiger charge is -2.18. The molecule has 0 fully saturated rings. The van der Waals surface area contributed by atoms with Crippen LogP contribution in [0.25, 0.3) is 0 Å². The van der Waals surface area contributed by atoms with E-state index in [1.54, 1.807) is 12.1 Å². The van der Waals surface area contributed by atoms with E-state index in [9.17, 15) is 9.18 Å². The van der Waals surface area contributed by atoms with Gasteiger partial charge in [0.05, 0.1) is 5.25 Å². The zero-order valence-corrected chi connectivity index (χ0v) is 14.3. The summed E-state index contributed by atoms with van der Waals surface area (Å²) in [6.07, 6.45) is 0.976. The average molecular weight is 331 g/mol. The summed E-state index contributed by atoms with van der Waals surface area (Å²) < 4.78 is 12.9. The maximum Gasteiger partial charge on any atom is 0.233 e. The van der Waals surface area contributed by atoms with Crippen molar-refractivity contribution in [3.63, 3.8) is 0 Å². The molecule has 0 unspecified atom stereocenters. The minimum absolute atomic E-state index is 0.00806. The quantitative estimate of drug-likeness (QED) is 0.750. The molecule has 0 saturated heterocycles. The maximum atomic E-state index is 12.9. The van der Waals surface area contributed by atoms with Crippen molar-refractivity contribution in [2.45, 2.75) is 36.3 Å². The molecule has 2 aromatic carbocycles. The molecule has 2 atom stereocenters. The van der Waals surface area contributed by atoms with E-state index in [4.69, 9.17) is 0 Å². The van der Waals surface area contributed by atoms with Crippen molar-refractivity contribution in [2.75, 3.05) is 6.54 Å². The van der Waals surface area contributed by atoms with Crippen molar-refractivity contribution < 1.29 is 9.18 Å². The molecule has 0 aromatic heterocycles. The Balaban J connectivity index is 1.86. The Morgan fingerprint density at radius 3 is 2.39 bits per heavy atom. The molecule has 0 aliphatic heterocycles. The molecule has 2 aromatic rings. The number of nitrogens with one attached hydrogen (secondary N) is 1. The second-order valence-corrected chi connectivity index (χ2v) is 6.89. The van der Waals surface area contributed by atoms with Crippen LogP contribution in [0.2, 0.25) is 0 Å². The molecule has 0 bridgehead atoms. The number of amides is 1. The first-order chi connectivity index (χ1) is 11.1. The number of halogens is 1. The first-order valence-corrected chi connectivity index (χ1v) is 8.73. The van der Waals surface area contributed by atoms with Gasteiger partial charge in [0.15, 0.2) is 0 Å². The highest BCUT2D eigenvalue weighted by atomic mass is 32.2. The molecule has 23 heavy (non-hydrogen) atoms. The van der Waals surface area contributed by atoms with Gasteiger partial charge < -0.3 is 5.32 Å². The number of hydrogen-bond donors (Lipinski definition) is 1. The molecule has 0 heterocycles. The minimum atomic E-state index is -0.264. The van der Waals surface area contributed by atoms with Gasteiger partial charge in [-0.2, -0.15) is 0 Å². The van der Waals surface area contributed by atoms with Crippen molar-refractivity contribution in [1.29, 1.82) is 0 Å². The Kier molecular flexibility index (Phi) is 6.66. The molecule has 1 N–H and O–H groups in total. The van der Waals surface area contributed by atoms with E-state index < -0.39 is 0 Å². The monoisotopic (exact) mass is 331 g/mol. The Morgan fingerprint density at radius 1 is 1.13 bits per heavy atom. The number of carbonyl (C=O) groups excluding carboxylic acids is 1. The van der Waals surface area contributed by atoms with E-state index in [0.717, 1.165) is 11.3 Å². The van der Waals surface area contributed by atoms with Crippen molar-refractivity contribution >= 4 is 17.7 Å². The Morgan fingerprint density at radius 2 is 1.78 bits per heavy atom. The summed E-state index contributed by atoms with van der Waals surface area (Å²) in [4.78, 5) is 13.2. The smallest absolute Gasteiger partial charge is 0.233 e. The lowest BCUT2D eigenvalue weighted by molar-refractivity contribution is -0.120. The molecule has 0 spiro atoms. The molecule has 0 aliphatic rings. The summed E-state index contributed by atoms with van der Waals surface area (Å²) in [6, 6.07) is 16.4. The van der Waals surface area contributed by atoms with Crippen LogP contribution in [-0.2, 0) is 4.79 Å². The molecule has 2 rings (SSSR count). The van der Waals surface area contributed by atoms with Gasteiger partial charge in [0.25, 0.3) is 0 Å². The fourth-order valence-corrected chi connectivity index (χ4v) is 3.25. The van der Waals surface area contributed by atoms with Gasteiger partial charge in [-0.3, -0.25) is 4.79 Å². The van der Waals surface area contributed by atoms with Gasteiger partial charge in [0.1, 0.15) is 5.82 Å². The zero-order chi connectivity index (χ0) is 16.7. The Labute approximate surface area is 141 Å². The fourth-order valence-electron chi connectivity index (χ4n) is 2.36. The molecule has 1 amide bonds. The zero-order valence-electron chi connectivity index (χ0n) is 13.5. The van der Waals surface area contributed by atoms with Crippen molar-refractivity contribution in [3.8, 4) is 0 Å². The Bertz CT molecular complexity index is 615. The maximum absolute atomic E-state index is 12.9. The topological polar surface area (TPSA) is 29.1 Å². The lowest BCUT2D eigenvalue weighted by atomic mass is 9.96. The van der Waals surface area contributed by atoms with Gasteiger partial charge in [-0.05, 0) is 43.2 Å². The van der Waals surface area contributed by atoms with Crippen LogP contribution in [0, 0.1) is 5.82 Å². The normalized spacial score (nSPS) is 13.3. The predicted octanol–water partition coefficient (Wildman–Crippen LogP) is 4.62. The largest absolute Gasteiger partial charge is 0.355 e. The average Bonchev–Trinajstić information content (AvgIpc) is 2.58. The number of thioether (sulfide) groups is 1. The third kappa shape index (κ3) is 5.39. The SMILES string of the molecule is CC[C@H](CNC(=O)[C@H](C)Sc1ccc(F)cc1)c1ccccc1. The summed E-state index contributed by atoms with van der Waals surface area (Å²) >= 11 is 1.44. The van der Waals surface area contributed by atoms with Gasteiger partial charge in [0, 0.05) is 17.4 Å². The van der Waals surface area contributed by atoms with Crippen LogP contribution < -0.4 is 5.32 Å². The van der Waals surface area contributed by atoms with Gasteiger partial charge in [0.2, 0.25) is 5.91 Å². The number of rotatable bonds is 7. The van der Waals surface area contributed by atoms with E-state index >= 15 is 0 Å². The van der Waals surface area contributed by atoms with Crippen LogP contribution in [0.15, 0.2) is 59.5 Å². The summed E-state index contributed by atoms with van der Waals surface area (Å²) in [5.41, 5.74) is 1.24. The molecule has 0 radical (unpaired) electrons. The third-order valence-corrected chi connectivity index (χ3v) is 4.89. The highest BCUT2D eigenvalue weighted by Gasteiger charge is 2.16. The highest BCUT2D eigenvalue weighted by Crippen LogP contribution is 2.24. The highest BCUT2D eigenvalue weighted by molar-refractivity contribution is 8.00. The molecule has 4 heteroatoms. The summed E-state index contributed by atoms with van der Waals surface area (Å²) in [7, 11) is 0. The second kappa shape index (κ2) is 8.73. The van der Waals surface area contributed by atoms with E-state index in [-0.39, 0.29) is 17.0 Å². The van der Waals surface area contributed by atoms with E-state index in [1.807, 2.05) is 25.1 Å². The molecular weight excluding hydrogens is 309 g/mol. The summed E-state index contributed by atoms with van der Waals surface area (Å²) in [5, 5.41) is 2.82. The van der Waals surface area contributed by atoms with E-state index in [0.29, 0.717) is 12.5 Å².